The molecule has 1 N–H and O–H groups in total. The summed E-state index contributed by atoms with van der Waals surface area (Å²) in [6.07, 6.45) is 1.82. The van der Waals surface area contributed by atoms with Gasteiger partial charge in [0.1, 0.15) is 5.75 Å². The van der Waals surface area contributed by atoms with E-state index >= 15 is 0 Å². The van der Waals surface area contributed by atoms with E-state index in [1.165, 1.54) is 0 Å². The van der Waals surface area contributed by atoms with Gasteiger partial charge in [-0.1, -0.05) is 35.3 Å². The number of anilines is 1. The number of nitrogens with zero attached hydrogens (tertiary/aromatic N) is 1. The summed E-state index contributed by atoms with van der Waals surface area (Å²) in [5.74, 6) is 0.798. The van der Waals surface area contributed by atoms with Gasteiger partial charge in [-0.05, 0) is 44.2 Å². The highest BCUT2D eigenvalue weighted by atomic mass is 35.5. The van der Waals surface area contributed by atoms with Gasteiger partial charge < -0.3 is 4.74 Å². The second kappa shape index (κ2) is 7.34. The maximum Gasteiger partial charge on any atom is 0.128 e. The molecule has 0 spiro atoms. The van der Waals surface area contributed by atoms with Crippen LogP contribution in [0.4, 0.5) is 5.69 Å². The summed E-state index contributed by atoms with van der Waals surface area (Å²) < 4.78 is 5.73. The second-order valence-corrected chi connectivity index (χ2v) is 5.52. The molecule has 2 aromatic carbocycles. The van der Waals surface area contributed by atoms with Crippen molar-refractivity contribution in [2.75, 3.05) is 5.43 Å². The van der Waals surface area contributed by atoms with Gasteiger partial charge in [0.25, 0.3) is 0 Å². The smallest absolute Gasteiger partial charge is 0.128 e. The Hall–Kier alpha value is -1.71. The van der Waals surface area contributed by atoms with Gasteiger partial charge in [0.05, 0.1) is 28.1 Å². The Balaban J connectivity index is 2.09. The normalized spacial score (nSPS) is 11.1. The summed E-state index contributed by atoms with van der Waals surface area (Å²) in [6.45, 7) is 3.98. The maximum absolute atomic E-state index is 5.95. The second-order valence-electron chi connectivity index (χ2n) is 4.70. The molecule has 0 saturated heterocycles. The largest absolute Gasteiger partial charge is 0.490 e. The Kier molecular flexibility index (Phi) is 5.48. The highest BCUT2D eigenvalue weighted by Gasteiger charge is 2.02. The average Bonchev–Trinajstić information content (AvgIpc) is 2.44. The molecule has 2 aromatic rings. The van der Waals surface area contributed by atoms with Gasteiger partial charge in [-0.2, -0.15) is 5.10 Å². The number of hydrogen-bond acceptors (Lipinski definition) is 3. The van der Waals surface area contributed by atoms with E-state index in [1.54, 1.807) is 18.3 Å². The molecule has 5 heteroatoms. The van der Waals surface area contributed by atoms with Gasteiger partial charge in [0.2, 0.25) is 0 Å². The summed E-state index contributed by atoms with van der Waals surface area (Å²) in [5, 5.41) is 5.20. The van der Waals surface area contributed by atoms with E-state index in [4.69, 9.17) is 27.9 Å². The molecule has 2 rings (SSSR count). The third-order valence-corrected chi connectivity index (χ3v) is 3.34. The van der Waals surface area contributed by atoms with Crippen LogP contribution in [0, 0.1) is 0 Å². The third-order valence-electron chi connectivity index (χ3n) is 2.60. The molecule has 0 atom stereocenters. The molecule has 0 saturated carbocycles. The minimum atomic E-state index is 0.114. The Morgan fingerprint density at radius 3 is 2.57 bits per heavy atom. The van der Waals surface area contributed by atoms with Crippen molar-refractivity contribution in [2.24, 2.45) is 5.10 Å². The lowest BCUT2D eigenvalue weighted by Crippen LogP contribution is -2.07. The van der Waals surface area contributed by atoms with Crippen LogP contribution < -0.4 is 10.2 Å². The Morgan fingerprint density at radius 2 is 1.86 bits per heavy atom. The van der Waals surface area contributed by atoms with Gasteiger partial charge in [-0.3, -0.25) is 5.43 Å². The van der Waals surface area contributed by atoms with Crippen LogP contribution in [0.5, 0.6) is 5.75 Å². The zero-order valence-corrected chi connectivity index (χ0v) is 13.3. The van der Waals surface area contributed by atoms with Crippen molar-refractivity contribution in [1.82, 2.24) is 0 Å². The number of ether oxygens (including phenoxy) is 1. The average molecular weight is 323 g/mol. The maximum atomic E-state index is 5.95. The molecule has 0 aliphatic heterocycles. The van der Waals surface area contributed by atoms with Crippen molar-refractivity contribution in [1.29, 1.82) is 0 Å². The van der Waals surface area contributed by atoms with E-state index in [9.17, 15) is 0 Å². The lowest BCUT2D eigenvalue weighted by Gasteiger charge is -2.11. The van der Waals surface area contributed by atoms with E-state index in [1.807, 2.05) is 44.2 Å². The van der Waals surface area contributed by atoms with Crippen molar-refractivity contribution >= 4 is 35.1 Å². The van der Waals surface area contributed by atoms with Crippen molar-refractivity contribution in [3.8, 4) is 5.75 Å². The molecule has 0 aliphatic rings. The zero-order chi connectivity index (χ0) is 15.2. The van der Waals surface area contributed by atoms with E-state index < -0.39 is 0 Å². The fourth-order valence-electron chi connectivity index (χ4n) is 1.69. The van der Waals surface area contributed by atoms with Gasteiger partial charge >= 0.3 is 0 Å². The molecule has 0 aromatic heterocycles. The van der Waals surface area contributed by atoms with Crippen molar-refractivity contribution < 1.29 is 4.74 Å². The lowest BCUT2D eigenvalue weighted by atomic mass is 10.2. The van der Waals surface area contributed by atoms with Crippen molar-refractivity contribution in [2.45, 2.75) is 20.0 Å². The Labute approximate surface area is 134 Å². The predicted octanol–water partition coefficient (Wildman–Crippen LogP) is 5.23. The fourth-order valence-corrected chi connectivity index (χ4v) is 1.99. The van der Waals surface area contributed by atoms with Crippen LogP contribution in [0.2, 0.25) is 10.0 Å². The van der Waals surface area contributed by atoms with Gasteiger partial charge in [0.15, 0.2) is 0 Å². The minimum Gasteiger partial charge on any atom is -0.490 e. The minimum absolute atomic E-state index is 0.114. The third kappa shape index (κ3) is 4.66. The van der Waals surface area contributed by atoms with Crippen molar-refractivity contribution in [3.05, 3.63) is 58.1 Å². The number of hydrogen-bond donors (Lipinski definition) is 1. The molecule has 21 heavy (non-hydrogen) atoms. The molecule has 3 nitrogen and oxygen atoms in total. The number of nitrogens with one attached hydrogen (secondary N) is 1. The quantitative estimate of drug-likeness (QED) is 0.604. The molecule has 0 bridgehead atoms. The van der Waals surface area contributed by atoms with Gasteiger partial charge in [-0.15, -0.1) is 0 Å². The predicted molar refractivity (Wildman–Crippen MR) is 89.9 cm³/mol. The molecule has 0 radical (unpaired) electrons. The summed E-state index contributed by atoms with van der Waals surface area (Å²) in [6, 6.07) is 13.0. The molecule has 0 heterocycles. The number of rotatable bonds is 5. The fraction of sp³-hybridized carbons (Fsp3) is 0.188. The van der Waals surface area contributed by atoms with Gasteiger partial charge in [-0.25, -0.2) is 0 Å². The number of benzene rings is 2. The first-order valence-electron chi connectivity index (χ1n) is 6.56. The van der Waals surface area contributed by atoms with Gasteiger partial charge in [0, 0.05) is 5.56 Å². The standard InChI is InChI=1S/C16H16Cl2N2O/c1-11(2)21-16-6-4-3-5-12(16)10-19-20-13-7-8-14(17)15(18)9-13/h3-11,20H,1-2H3. The molecule has 0 aliphatic carbocycles. The molecular weight excluding hydrogens is 307 g/mol. The highest BCUT2D eigenvalue weighted by molar-refractivity contribution is 6.42. The van der Waals surface area contributed by atoms with Crippen molar-refractivity contribution in [3.63, 3.8) is 0 Å². The first-order valence-corrected chi connectivity index (χ1v) is 7.31. The monoisotopic (exact) mass is 322 g/mol. The van der Waals surface area contributed by atoms with E-state index in [-0.39, 0.29) is 6.10 Å². The topological polar surface area (TPSA) is 33.6 Å². The van der Waals surface area contributed by atoms with Crippen LogP contribution in [0.1, 0.15) is 19.4 Å². The van der Waals surface area contributed by atoms with Crippen LogP contribution >= 0.6 is 23.2 Å². The lowest BCUT2D eigenvalue weighted by molar-refractivity contribution is 0.242. The molecule has 0 fully saturated rings. The van der Waals surface area contributed by atoms with E-state index in [0.29, 0.717) is 10.0 Å². The summed E-state index contributed by atoms with van der Waals surface area (Å²) in [4.78, 5) is 0. The van der Waals surface area contributed by atoms with Crippen LogP contribution in [0.15, 0.2) is 47.6 Å². The number of para-hydroxylation sites is 1. The highest BCUT2D eigenvalue weighted by Crippen LogP contribution is 2.25. The summed E-state index contributed by atoms with van der Waals surface area (Å²) >= 11 is 11.8. The Bertz CT molecular complexity index is 642. The first kappa shape index (κ1) is 15.7. The van der Waals surface area contributed by atoms with Crippen LogP contribution in [-0.2, 0) is 0 Å². The van der Waals surface area contributed by atoms with Crippen LogP contribution in [0.25, 0.3) is 0 Å². The first-order chi connectivity index (χ1) is 10.1. The van der Waals surface area contributed by atoms with Crippen LogP contribution in [-0.4, -0.2) is 12.3 Å². The number of hydrazone groups is 1. The Morgan fingerprint density at radius 1 is 1.10 bits per heavy atom. The SMILES string of the molecule is CC(C)Oc1ccccc1C=NNc1ccc(Cl)c(Cl)c1. The summed E-state index contributed by atoms with van der Waals surface area (Å²) in [5.41, 5.74) is 4.58. The zero-order valence-electron chi connectivity index (χ0n) is 11.8. The van der Waals surface area contributed by atoms with E-state index in [2.05, 4.69) is 10.5 Å². The molecule has 110 valence electrons. The van der Waals surface area contributed by atoms with E-state index in [0.717, 1.165) is 17.0 Å². The van der Waals surface area contributed by atoms with Crippen LogP contribution in [0.3, 0.4) is 0 Å². The molecular formula is C16H16Cl2N2O. The summed E-state index contributed by atoms with van der Waals surface area (Å²) in [7, 11) is 0. The number of halogens is 2. The molecule has 0 amide bonds. The molecule has 0 unspecified atom stereocenters.